The SMILES string of the molecule is Cc1cc(CN(C)C(=O)c2ccc(F)c(F)c2)no1. The van der Waals surface area contributed by atoms with Gasteiger partial charge in [-0.25, -0.2) is 8.78 Å². The lowest BCUT2D eigenvalue weighted by Gasteiger charge is -2.15. The zero-order chi connectivity index (χ0) is 14.0. The smallest absolute Gasteiger partial charge is 0.254 e. The molecule has 1 aromatic heterocycles. The van der Waals surface area contributed by atoms with Crippen LogP contribution in [0, 0.1) is 18.6 Å². The fourth-order valence-corrected chi connectivity index (χ4v) is 1.66. The van der Waals surface area contributed by atoms with Gasteiger partial charge < -0.3 is 9.42 Å². The van der Waals surface area contributed by atoms with Gasteiger partial charge in [-0.1, -0.05) is 5.16 Å². The van der Waals surface area contributed by atoms with Gasteiger partial charge in [0.1, 0.15) is 11.5 Å². The van der Waals surface area contributed by atoms with Crippen LogP contribution < -0.4 is 0 Å². The second-order valence-corrected chi connectivity index (χ2v) is 4.22. The van der Waals surface area contributed by atoms with Crippen LogP contribution in [-0.4, -0.2) is 23.0 Å². The van der Waals surface area contributed by atoms with Crippen LogP contribution in [-0.2, 0) is 6.54 Å². The highest BCUT2D eigenvalue weighted by Crippen LogP contribution is 2.12. The van der Waals surface area contributed by atoms with Crippen molar-refractivity contribution in [3.8, 4) is 0 Å². The fraction of sp³-hybridized carbons (Fsp3) is 0.231. The summed E-state index contributed by atoms with van der Waals surface area (Å²) in [5.74, 6) is -1.80. The van der Waals surface area contributed by atoms with Crippen molar-refractivity contribution in [3.05, 3.63) is 52.9 Å². The Morgan fingerprint density at radius 2 is 2.05 bits per heavy atom. The first-order chi connectivity index (χ1) is 8.97. The predicted molar refractivity (Wildman–Crippen MR) is 63.4 cm³/mol. The van der Waals surface area contributed by atoms with Gasteiger partial charge in [-0.15, -0.1) is 0 Å². The molecule has 0 saturated carbocycles. The first kappa shape index (κ1) is 13.2. The van der Waals surface area contributed by atoms with E-state index in [-0.39, 0.29) is 12.1 Å². The highest BCUT2D eigenvalue weighted by molar-refractivity contribution is 5.94. The molecular formula is C13H12F2N2O2. The number of benzene rings is 1. The number of hydrogen-bond donors (Lipinski definition) is 0. The first-order valence-corrected chi connectivity index (χ1v) is 5.60. The van der Waals surface area contributed by atoms with E-state index < -0.39 is 17.5 Å². The molecule has 1 amide bonds. The minimum absolute atomic E-state index is 0.0848. The van der Waals surface area contributed by atoms with Gasteiger partial charge in [0.25, 0.3) is 5.91 Å². The van der Waals surface area contributed by atoms with Crippen LogP contribution in [0.3, 0.4) is 0 Å². The number of amides is 1. The van der Waals surface area contributed by atoms with Gasteiger partial charge in [0, 0.05) is 18.7 Å². The maximum absolute atomic E-state index is 13.1. The van der Waals surface area contributed by atoms with Crippen LogP contribution in [0.5, 0.6) is 0 Å². The summed E-state index contributed by atoms with van der Waals surface area (Å²) in [6.45, 7) is 1.98. The monoisotopic (exact) mass is 266 g/mol. The molecule has 6 heteroatoms. The van der Waals surface area contributed by atoms with E-state index in [1.807, 2.05) is 0 Å². The molecule has 0 aliphatic heterocycles. The molecule has 1 heterocycles. The lowest BCUT2D eigenvalue weighted by molar-refractivity contribution is 0.0781. The topological polar surface area (TPSA) is 46.3 Å². The van der Waals surface area contributed by atoms with E-state index >= 15 is 0 Å². The van der Waals surface area contributed by atoms with Crippen molar-refractivity contribution < 1.29 is 18.1 Å². The largest absolute Gasteiger partial charge is 0.361 e. The molecule has 0 spiro atoms. The summed E-state index contributed by atoms with van der Waals surface area (Å²) in [5, 5.41) is 3.76. The van der Waals surface area contributed by atoms with E-state index in [1.54, 1.807) is 20.0 Å². The van der Waals surface area contributed by atoms with E-state index in [0.29, 0.717) is 11.5 Å². The molecule has 0 radical (unpaired) electrons. The lowest BCUT2D eigenvalue weighted by atomic mass is 10.2. The van der Waals surface area contributed by atoms with Crippen LogP contribution in [0.25, 0.3) is 0 Å². The average Bonchev–Trinajstić information content (AvgIpc) is 2.77. The van der Waals surface area contributed by atoms with E-state index in [0.717, 1.165) is 12.1 Å². The summed E-state index contributed by atoms with van der Waals surface area (Å²) < 4.78 is 30.7. The van der Waals surface area contributed by atoms with Crippen molar-refractivity contribution in [2.45, 2.75) is 13.5 Å². The Labute approximate surface area is 108 Å². The predicted octanol–water partition coefficient (Wildman–Crippen LogP) is 2.53. The van der Waals surface area contributed by atoms with Gasteiger partial charge >= 0.3 is 0 Å². The van der Waals surface area contributed by atoms with E-state index in [1.165, 1.54) is 11.0 Å². The van der Waals surface area contributed by atoms with Crippen molar-refractivity contribution in [2.75, 3.05) is 7.05 Å². The number of rotatable bonds is 3. The van der Waals surface area contributed by atoms with Crippen molar-refractivity contribution in [1.82, 2.24) is 10.1 Å². The lowest BCUT2D eigenvalue weighted by Crippen LogP contribution is -2.26. The Bertz CT molecular complexity index is 610. The number of nitrogens with zero attached hydrogens (tertiary/aromatic N) is 2. The highest BCUT2D eigenvalue weighted by Gasteiger charge is 2.15. The molecule has 0 bridgehead atoms. The maximum Gasteiger partial charge on any atom is 0.254 e. The Hall–Kier alpha value is -2.24. The molecule has 0 N–H and O–H groups in total. The van der Waals surface area contributed by atoms with Crippen LogP contribution in [0.15, 0.2) is 28.8 Å². The highest BCUT2D eigenvalue weighted by atomic mass is 19.2. The number of carbonyl (C=O) groups excluding carboxylic acids is 1. The number of aryl methyl sites for hydroxylation is 1. The molecule has 19 heavy (non-hydrogen) atoms. The average molecular weight is 266 g/mol. The Balaban J connectivity index is 2.12. The van der Waals surface area contributed by atoms with Gasteiger partial charge in [-0.3, -0.25) is 4.79 Å². The normalized spacial score (nSPS) is 10.5. The molecule has 1 aromatic carbocycles. The maximum atomic E-state index is 13.1. The Morgan fingerprint density at radius 3 is 2.63 bits per heavy atom. The van der Waals surface area contributed by atoms with Crippen LogP contribution in [0.2, 0.25) is 0 Å². The third-order valence-corrected chi connectivity index (χ3v) is 2.59. The number of halogens is 2. The second kappa shape index (κ2) is 5.17. The molecule has 0 atom stereocenters. The Kier molecular flexibility index (Phi) is 3.59. The first-order valence-electron chi connectivity index (χ1n) is 5.60. The molecule has 0 unspecified atom stereocenters. The van der Waals surface area contributed by atoms with E-state index in [4.69, 9.17) is 4.52 Å². The third-order valence-electron chi connectivity index (χ3n) is 2.59. The van der Waals surface area contributed by atoms with Crippen molar-refractivity contribution >= 4 is 5.91 Å². The molecule has 0 fully saturated rings. The molecule has 100 valence electrons. The van der Waals surface area contributed by atoms with Gasteiger partial charge in [0.15, 0.2) is 11.6 Å². The van der Waals surface area contributed by atoms with Crippen molar-refractivity contribution in [1.29, 1.82) is 0 Å². The minimum Gasteiger partial charge on any atom is -0.361 e. The van der Waals surface area contributed by atoms with Crippen LogP contribution in [0.4, 0.5) is 8.78 Å². The fourth-order valence-electron chi connectivity index (χ4n) is 1.66. The quantitative estimate of drug-likeness (QED) is 0.857. The molecule has 2 rings (SSSR count). The Morgan fingerprint density at radius 1 is 1.32 bits per heavy atom. The molecule has 4 nitrogen and oxygen atoms in total. The van der Waals surface area contributed by atoms with E-state index in [2.05, 4.69) is 5.16 Å². The summed E-state index contributed by atoms with van der Waals surface area (Å²) >= 11 is 0. The number of aromatic nitrogens is 1. The molecule has 0 aliphatic rings. The zero-order valence-electron chi connectivity index (χ0n) is 10.5. The molecule has 0 aliphatic carbocycles. The second-order valence-electron chi connectivity index (χ2n) is 4.22. The molecular weight excluding hydrogens is 254 g/mol. The third kappa shape index (κ3) is 2.96. The minimum atomic E-state index is -1.04. The summed E-state index contributed by atoms with van der Waals surface area (Å²) in [6.07, 6.45) is 0. The van der Waals surface area contributed by atoms with Crippen LogP contribution in [0.1, 0.15) is 21.8 Å². The van der Waals surface area contributed by atoms with Gasteiger partial charge in [-0.05, 0) is 25.1 Å². The standard InChI is InChI=1S/C13H12F2N2O2/c1-8-5-10(16-19-8)7-17(2)13(18)9-3-4-11(14)12(15)6-9/h3-6H,7H2,1-2H3. The van der Waals surface area contributed by atoms with Crippen molar-refractivity contribution in [3.63, 3.8) is 0 Å². The zero-order valence-corrected chi connectivity index (χ0v) is 10.5. The van der Waals surface area contributed by atoms with Gasteiger partial charge in [0.2, 0.25) is 0 Å². The summed E-state index contributed by atoms with van der Waals surface area (Å²) in [6, 6.07) is 4.75. The summed E-state index contributed by atoms with van der Waals surface area (Å²) in [4.78, 5) is 13.3. The van der Waals surface area contributed by atoms with Gasteiger partial charge in [-0.2, -0.15) is 0 Å². The number of hydrogen-bond acceptors (Lipinski definition) is 3. The summed E-state index contributed by atoms with van der Waals surface area (Å²) in [7, 11) is 1.55. The summed E-state index contributed by atoms with van der Waals surface area (Å²) in [5.41, 5.74) is 0.678. The van der Waals surface area contributed by atoms with Crippen LogP contribution >= 0.6 is 0 Å². The molecule has 2 aromatic rings. The van der Waals surface area contributed by atoms with Gasteiger partial charge in [0.05, 0.1) is 6.54 Å². The van der Waals surface area contributed by atoms with E-state index in [9.17, 15) is 13.6 Å². The van der Waals surface area contributed by atoms with Crippen molar-refractivity contribution in [2.24, 2.45) is 0 Å². The number of carbonyl (C=O) groups is 1. The molecule has 0 saturated heterocycles.